The van der Waals surface area contributed by atoms with Crippen LogP contribution in [0.1, 0.15) is 49.0 Å². The predicted octanol–water partition coefficient (Wildman–Crippen LogP) is 2.39. The molecule has 3 heterocycles. The second kappa shape index (κ2) is 6.27. The first kappa shape index (κ1) is 15.7. The lowest BCUT2D eigenvalue weighted by atomic mass is 9.87. The molecule has 7 nitrogen and oxygen atoms in total. The molecule has 2 unspecified atom stereocenters. The summed E-state index contributed by atoms with van der Waals surface area (Å²) in [6.07, 6.45) is 3.90. The summed E-state index contributed by atoms with van der Waals surface area (Å²) in [6.45, 7) is 0.576. The molecule has 0 saturated carbocycles. The van der Waals surface area contributed by atoms with Gasteiger partial charge in [-0.2, -0.15) is 4.98 Å². The molecule has 2 aromatic rings. The highest BCUT2D eigenvalue weighted by atomic mass is 19.1. The molecule has 2 aliphatic rings. The molecule has 1 saturated heterocycles. The minimum Gasteiger partial charge on any atom is -0.343 e. The van der Waals surface area contributed by atoms with E-state index in [1.54, 1.807) is 11.0 Å². The van der Waals surface area contributed by atoms with E-state index in [2.05, 4.69) is 15.5 Å². The maximum Gasteiger partial charge on any atom is 0.231 e. The Balaban J connectivity index is 1.67. The van der Waals surface area contributed by atoms with Gasteiger partial charge in [-0.25, -0.2) is 4.39 Å². The Morgan fingerprint density at radius 2 is 2.24 bits per heavy atom. The SMILES string of the molecule is O=C1CC(C(=O)N2CCCCC2c2ncon2)c2ccc(F)cc2N1. The number of amides is 2. The van der Waals surface area contributed by atoms with E-state index < -0.39 is 11.7 Å². The first-order valence-corrected chi connectivity index (χ1v) is 8.29. The minimum absolute atomic E-state index is 0.0485. The molecule has 1 aromatic carbocycles. The van der Waals surface area contributed by atoms with Gasteiger partial charge in [0, 0.05) is 18.7 Å². The molecule has 0 spiro atoms. The predicted molar refractivity (Wildman–Crippen MR) is 85.0 cm³/mol. The van der Waals surface area contributed by atoms with E-state index >= 15 is 0 Å². The summed E-state index contributed by atoms with van der Waals surface area (Å²) in [5.74, 6) is -1.04. The van der Waals surface area contributed by atoms with E-state index in [1.807, 2.05) is 0 Å². The van der Waals surface area contributed by atoms with Crippen LogP contribution in [0.5, 0.6) is 0 Å². The lowest BCUT2D eigenvalue weighted by Crippen LogP contribution is -2.43. The second-order valence-corrected chi connectivity index (χ2v) is 6.37. The third kappa shape index (κ3) is 2.88. The average Bonchev–Trinajstić information content (AvgIpc) is 3.14. The Morgan fingerprint density at radius 1 is 1.36 bits per heavy atom. The highest BCUT2D eigenvalue weighted by Gasteiger charge is 2.38. The van der Waals surface area contributed by atoms with Crippen LogP contribution in [0, 0.1) is 5.82 Å². The van der Waals surface area contributed by atoms with Gasteiger partial charge < -0.3 is 14.7 Å². The first-order chi connectivity index (χ1) is 12.1. The third-order valence-corrected chi connectivity index (χ3v) is 4.81. The summed E-state index contributed by atoms with van der Waals surface area (Å²) in [7, 11) is 0. The molecule has 0 radical (unpaired) electrons. The Morgan fingerprint density at radius 3 is 3.04 bits per heavy atom. The Labute approximate surface area is 143 Å². The average molecular weight is 344 g/mol. The van der Waals surface area contributed by atoms with Crippen LogP contribution in [0.15, 0.2) is 29.1 Å². The van der Waals surface area contributed by atoms with Crippen molar-refractivity contribution in [3.05, 3.63) is 41.8 Å². The maximum atomic E-state index is 13.5. The monoisotopic (exact) mass is 344 g/mol. The summed E-state index contributed by atoms with van der Waals surface area (Å²) < 4.78 is 18.3. The molecule has 0 aliphatic carbocycles. The Kier molecular flexibility index (Phi) is 3.95. The number of halogens is 1. The van der Waals surface area contributed by atoms with Crippen molar-refractivity contribution in [2.24, 2.45) is 0 Å². The number of hydrogen-bond donors (Lipinski definition) is 1. The fourth-order valence-electron chi connectivity index (χ4n) is 3.65. The fraction of sp³-hybridized carbons (Fsp3) is 0.412. The number of carbonyl (C=O) groups excluding carboxylic acids is 2. The fourth-order valence-corrected chi connectivity index (χ4v) is 3.65. The van der Waals surface area contributed by atoms with Crippen LogP contribution in [0.4, 0.5) is 10.1 Å². The van der Waals surface area contributed by atoms with Crippen molar-refractivity contribution in [2.75, 3.05) is 11.9 Å². The maximum absolute atomic E-state index is 13.5. The highest BCUT2D eigenvalue weighted by molar-refractivity contribution is 6.01. The summed E-state index contributed by atoms with van der Waals surface area (Å²) in [4.78, 5) is 31.0. The van der Waals surface area contributed by atoms with Gasteiger partial charge in [0.15, 0.2) is 5.82 Å². The topological polar surface area (TPSA) is 88.3 Å². The zero-order valence-electron chi connectivity index (χ0n) is 13.4. The smallest absolute Gasteiger partial charge is 0.231 e. The van der Waals surface area contributed by atoms with Crippen LogP contribution in [-0.4, -0.2) is 33.4 Å². The molecular weight excluding hydrogens is 327 g/mol. The number of nitrogens with one attached hydrogen (secondary N) is 1. The molecule has 0 bridgehead atoms. The van der Waals surface area contributed by atoms with Crippen LogP contribution >= 0.6 is 0 Å². The van der Waals surface area contributed by atoms with Crippen LogP contribution in [0.2, 0.25) is 0 Å². The van der Waals surface area contributed by atoms with E-state index in [9.17, 15) is 14.0 Å². The lowest BCUT2D eigenvalue weighted by Gasteiger charge is -2.37. The van der Waals surface area contributed by atoms with Crippen LogP contribution < -0.4 is 5.32 Å². The van der Waals surface area contributed by atoms with Crippen molar-refractivity contribution in [1.82, 2.24) is 15.0 Å². The van der Waals surface area contributed by atoms with Gasteiger partial charge in [0.25, 0.3) is 0 Å². The van der Waals surface area contributed by atoms with Crippen molar-refractivity contribution in [3.63, 3.8) is 0 Å². The highest BCUT2D eigenvalue weighted by Crippen LogP contribution is 2.37. The van der Waals surface area contributed by atoms with E-state index in [4.69, 9.17) is 4.52 Å². The molecule has 4 rings (SSSR count). The molecule has 1 fully saturated rings. The quantitative estimate of drug-likeness (QED) is 0.904. The van der Waals surface area contributed by atoms with E-state index in [0.717, 1.165) is 19.3 Å². The molecule has 1 N–H and O–H groups in total. The van der Waals surface area contributed by atoms with Gasteiger partial charge in [0.2, 0.25) is 18.2 Å². The van der Waals surface area contributed by atoms with Crippen LogP contribution in [0.3, 0.4) is 0 Å². The molecule has 2 aliphatic heterocycles. The minimum atomic E-state index is -0.628. The standard InChI is InChI=1S/C17H17FN4O3/c18-10-4-5-11-12(8-15(23)20-13(11)7-10)17(24)22-6-2-1-3-14(22)16-19-9-25-21-16/h4-5,7,9,12,14H,1-3,6,8H2,(H,20,23). The Hall–Kier alpha value is -2.77. The summed E-state index contributed by atoms with van der Waals surface area (Å²) in [5, 5.41) is 6.52. The zero-order chi connectivity index (χ0) is 17.4. The summed E-state index contributed by atoms with van der Waals surface area (Å²) in [6, 6.07) is 3.87. The Bertz CT molecular complexity index is 808. The van der Waals surface area contributed by atoms with Gasteiger partial charge in [-0.15, -0.1) is 0 Å². The van der Waals surface area contributed by atoms with Crippen LogP contribution in [0.25, 0.3) is 0 Å². The van der Waals surface area contributed by atoms with Crippen molar-refractivity contribution in [3.8, 4) is 0 Å². The third-order valence-electron chi connectivity index (χ3n) is 4.81. The number of hydrogen-bond acceptors (Lipinski definition) is 5. The molecular formula is C17H17FN4O3. The zero-order valence-corrected chi connectivity index (χ0v) is 13.4. The van der Waals surface area contributed by atoms with Gasteiger partial charge >= 0.3 is 0 Å². The van der Waals surface area contributed by atoms with Crippen molar-refractivity contribution in [1.29, 1.82) is 0 Å². The number of anilines is 1. The molecule has 130 valence electrons. The number of piperidine rings is 1. The molecule has 2 amide bonds. The number of benzene rings is 1. The summed E-state index contributed by atoms with van der Waals surface area (Å²) >= 11 is 0. The second-order valence-electron chi connectivity index (χ2n) is 6.37. The van der Waals surface area contributed by atoms with Crippen molar-refractivity contribution < 1.29 is 18.5 Å². The number of carbonyl (C=O) groups is 2. The van der Waals surface area contributed by atoms with E-state index in [-0.39, 0.29) is 24.3 Å². The van der Waals surface area contributed by atoms with Gasteiger partial charge in [-0.3, -0.25) is 9.59 Å². The van der Waals surface area contributed by atoms with E-state index in [1.165, 1.54) is 18.5 Å². The first-order valence-electron chi connectivity index (χ1n) is 8.29. The van der Waals surface area contributed by atoms with Gasteiger partial charge in [0.05, 0.1) is 12.0 Å². The lowest BCUT2D eigenvalue weighted by molar-refractivity contribution is -0.138. The molecule has 25 heavy (non-hydrogen) atoms. The van der Waals surface area contributed by atoms with Gasteiger partial charge in [0.1, 0.15) is 5.82 Å². The van der Waals surface area contributed by atoms with E-state index in [0.29, 0.717) is 23.6 Å². The molecule has 1 aromatic heterocycles. The molecule has 2 atom stereocenters. The van der Waals surface area contributed by atoms with Crippen molar-refractivity contribution >= 4 is 17.5 Å². The summed E-state index contributed by atoms with van der Waals surface area (Å²) in [5.41, 5.74) is 1.01. The number of aromatic nitrogens is 2. The largest absolute Gasteiger partial charge is 0.343 e. The van der Waals surface area contributed by atoms with Crippen molar-refractivity contribution in [2.45, 2.75) is 37.6 Å². The molecule has 8 heteroatoms. The van der Waals surface area contributed by atoms with Crippen LogP contribution in [-0.2, 0) is 9.59 Å². The number of rotatable bonds is 2. The number of likely N-dealkylation sites (tertiary alicyclic amines) is 1. The van der Waals surface area contributed by atoms with Gasteiger partial charge in [-0.05, 0) is 37.0 Å². The number of nitrogens with zero attached hydrogens (tertiary/aromatic N) is 3. The van der Waals surface area contributed by atoms with Gasteiger partial charge in [-0.1, -0.05) is 11.2 Å². The number of fused-ring (bicyclic) bond motifs is 1. The normalized spacial score (nSPS) is 23.1.